The third kappa shape index (κ3) is 3.45. The van der Waals surface area contributed by atoms with Gasteiger partial charge in [0.05, 0.1) is 11.8 Å². The normalized spacial score (nSPS) is 22.3. The van der Waals surface area contributed by atoms with Gasteiger partial charge < -0.3 is 10.5 Å². The largest absolute Gasteiger partial charge is 0.375 e. The summed E-state index contributed by atoms with van der Waals surface area (Å²) in [5, 5.41) is 6.35. The summed E-state index contributed by atoms with van der Waals surface area (Å²) in [6.45, 7) is 4.85. The molecule has 4 N–H and O–H groups in total. The molecule has 1 unspecified atom stereocenters. The van der Waals surface area contributed by atoms with E-state index in [4.69, 9.17) is 10.5 Å². The summed E-state index contributed by atoms with van der Waals surface area (Å²) in [4.78, 5) is 0. The van der Waals surface area contributed by atoms with E-state index in [1.165, 1.54) is 6.20 Å². The molecule has 1 fully saturated rings. The Balaban J connectivity index is 2.14. The van der Waals surface area contributed by atoms with E-state index in [2.05, 4.69) is 28.8 Å². The molecule has 0 aromatic carbocycles. The first kappa shape index (κ1) is 16.4. The number of hydrogen-bond donors (Lipinski definition) is 3. The second-order valence-electron chi connectivity index (χ2n) is 5.48. The molecule has 8 heteroatoms. The zero-order valence-corrected chi connectivity index (χ0v) is 13.4. The molecule has 0 spiro atoms. The van der Waals surface area contributed by atoms with Crippen LogP contribution in [-0.2, 0) is 21.3 Å². The summed E-state index contributed by atoms with van der Waals surface area (Å²) in [6, 6.07) is -0.127. The van der Waals surface area contributed by atoms with Crippen LogP contribution in [0.15, 0.2) is 11.2 Å². The number of sulfonamides is 1. The molecular formula is C13H24N4O3S. The van der Waals surface area contributed by atoms with Gasteiger partial charge in [-0.25, -0.2) is 13.1 Å². The van der Waals surface area contributed by atoms with Gasteiger partial charge in [0.25, 0.3) is 10.0 Å². The fourth-order valence-electron chi connectivity index (χ4n) is 2.83. The van der Waals surface area contributed by atoms with Crippen molar-refractivity contribution >= 4 is 10.0 Å². The summed E-state index contributed by atoms with van der Waals surface area (Å²) in [5.41, 5.74) is 5.81. The van der Waals surface area contributed by atoms with Crippen LogP contribution in [0.4, 0.5) is 0 Å². The maximum absolute atomic E-state index is 12.5. The highest BCUT2D eigenvalue weighted by molar-refractivity contribution is 7.89. The highest BCUT2D eigenvalue weighted by Crippen LogP contribution is 2.32. The van der Waals surface area contributed by atoms with Gasteiger partial charge in [-0.05, 0) is 25.7 Å². The van der Waals surface area contributed by atoms with Gasteiger partial charge in [0.2, 0.25) is 0 Å². The maximum atomic E-state index is 12.5. The lowest BCUT2D eigenvalue weighted by Crippen LogP contribution is -2.48. The van der Waals surface area contributed by atoms with E-state index in [1.54, 1.807) is 0 Å². The van der Waals surface area contributed by atoms with Crippen LogP contribution in [0, 0.1) is 0 Å². The lowest BCUT2D eigenvalue weighted by molar-refractivity contribution is -0.0905. The van der Waals surface area contributed by atoms with Crippen LogP contribution in [-0.4, -0.2) is 36.9 Å². The zero-order chi connectivity index (χ0) is 15.5. The first-order valence-corrected chi connectivity index (χ1v) is 8.83. The van der Waals surface area contributed by atoms with Crippen molar-refractivity contribution in [1.29, 1.82) is 0 Å². The number of nitrogens with one attached hydrogen (secondary N) is 2. The molecule has 21 heavy (non-hydrogen) atoms. The summed E-state index contributed by atoms with van der Waals surface area (Å²) in [6.07, 6.45) is 4.55. The molecule has 0 radical (unpaired) electrons. The molecule has 0 aliphatic carbocycles. The number of rotatable bonds is 6. The van der Waals surface area contributed by atoms with Gasteiger partial charge in [0, 0.05) is 24.8 Å². The molecule has 0 amide bonds. The Kier molecular flexibility index (Phi) is 5.03. The summed E-state index contributed by atoms with van der Waals surface area (Å²) in [7, 11) is -3.63. The van der Waals surface area contributed by atoms with E-state index in [9.17, 15) is 8.42 Å². The van der Waals surface area contributed by atoms with Crippen molar-refractivity contribution in [3.63, 3.8) is 0 Å². The van der Waals surface area contributed by atoms with Gasteiger partial charge in [0.15, 0.2) is 5.03 Å². The first-order chi connectivity index (χ1) is 9.96. The van der Waals surface area contributed by atoms with Crippen molar-refractivity contribution in [2.24, 2.45) is 5.73 Å². The number of ether oxygens (including phenoxy) is 1. The Bertz CT molecular complexity index is 566. The van der Waals surface area contributed by atoms with E-state index in [0.717, 1.165) is 12.8 Å². The molecule has 120 valence electrons. The molecule has 1 saturated heterocycles. The Morgan fingerprint density at radius 3 is 2.86 bits per heavy atom. The van der Waals surface area contributed by atoms with Crippen LogP contribution in [0.5, 0.6) is 0 Å². The van der Waals surface area contributed by atoms with E-state index >= 15 is 0 Å². The number of nitrogens with two attached hydrogens (primary N) is 1. The number of H-pyrrole nitrogens is 1. The van der Waals surface area contributed by atoms with Crippen molar-refractivity contribution < 1.29 is 13.2 Å². The van der Waals surface area contributed by atoms with E-state index in [-0.39, 0.29) is 23.2 Å². The number of aromatic amines is 1. The van der Waals surface area contributed by atoms with Gasteiger partial charge >= 0.3 is 0 Å². The van der Waals surface area contributed by atoms with Gasteiger partial charge in [-0.15, -0.1) is 0 Å². The van der Waals surface area contributed by atoms with Crippen LogP contribution in [0.3, 0.4) is 0 Å². The Labute approximate surface area is 125 Å². The number of hydrogen-bond acceptors (Lipinski definition) is 5. The highest BCUT2D eigenvalue weighted by Gasteiger charge is 2.36. The summed E-state index contributed by atoms with van der Waals surface area (Å²) >= 11 is 0. The molecule has 2 heterocycles. The lowest BCUT2D eigenvalue weighted by Gasteiger charge is -2.40. The van der Waals surface area contributed by atoms with Crippen LogP contribution in [0.2, 0.25) is 0 Å². The smallest absolute Gasteiger partial charge is 0.258 e. The standard InChI is InChI=1S/C13H24N4O3S/c1-3-13(4-2)7-11(5-6-20-13)17-21(18,19)12-10(8-14)9-15-16-12/h9,11,17H,3-8,14H2,1-2H3,(H,15,16). The maximum Gasteiger partial charge on any atom is 0.258 e. The minimum atomic E-state index is -3.63. The molecule has 1 aliphatic rings. The molecule has 2 rings (SSSR count). The molecule has 1 aromatic rings. The van der Waals surface area contributed by atoms with Crippen molar-refractivity contribution in [1.82, 2.24) is 14.9 Å². The van der Waals surface area contributed by atoms with Crippen LogP contribution in [0.25, 0.3) is 0 Å². The van der Waals surface area contributed by atoms with Gasteiger partial charge in [-0.1, -0.05) is 13.8 Å². The Morgan fingerprint density at radius 2 is 2.24 bits per heavy atom. The lowest BCUT2D eigenvalue weighted by atomic mass is 9.86. The minimum absolute atomic E-state index is 0.0649. The molecule has 1 atom stereocenters. The van der Waals surface area contributed by atoms with E-state index < -0.39 is 10.0 Å². The Hall–Kier alpha value is -0.960. The van der Waals surface area contributed by atoms with Crippen LogP contribution in [0.1, 0.15) is 45.1 Å². The molecule has 0 bridgehead atoms. The van der Waals surface area contributed by atoms with E-state index in [0.29, 0.717) is 25.0 Å². The predicted molar refractivity (Wildman–Crippen MR) is 79.1 cm³/mol. The molecule has 7 nitrogen and oxygen atoms in total. The number of aromatic nitrogens is 2. The molecule has 1 aliphatic heterocycles. The van der Waals surface area contributed by atoms with Crippen molar-refractivity contribution in [3.8, 4) is 0 Å². The van der Waals surface area contributed by atoms with Crippen molar-refractivity contribution in [3.05, 3.63) is 11.8 Å². The highest BCUT2D eigenvalue weighted by atomic mass is 32.2. The average molecular weight is 316 g/mol. The van der Waals surface area contributed by atoms with Crippen LogP contribution < -0.4 is 10.5 Å². The summed E-state index contributed by atoms with van der Waals surface area (Å²) in [5.74, 6) is 0. The topological polar surface area (TPSA) is 110 Å². The number of nitrogens with zero attached hydrogens (tertiary/aromatic N) is 1. The fourth-order valence-corrected chi connectivity index (χ4v) is 4.24. The van der Waals surface area contributed by atoms with Crippen LogP contribution >= 0.6 is 0 Å². The fraction of sp³-hybridized carbons (Fsp3) is 0.769. The monoisotopic (exact) mass is 316 g/mol. The van der Waals surface area contributed by atoms with Gasteiger partial charge in [-0.3, -0.25) is 5.10 Å². The van der Waals surface area contributed by atoms with Crippen molar-refractivity contribution in [2.45, 2.75) is 62.7 Å². The molecule has 0 saturated carbocycles. The molecular weight excluding hydrogens is 292 g/mol. The SMILES string of the molecule is CCC1(CC)CC(NS(=O)(=O)c2[nH]ncc2CN)CCO1. The van der Waals surface area contributed by atoms with Gasteiger partial charge in [-0.2, -0.15) is 5.10 Å². The first-order valence-electron chi connectivity index (χ1n) is 7.35. The quantitative estimate of drug-likeness (QED) is 0.722. The zero-order valence-electron chi connectivity index (χ0n) is 12.6. The van der Waals surface area contributed by atoms with Crippen molar-refractivity contribution in [2.75, 3.05) is 6.61 Å². The molecule has 1 aromatic heterocycles. The minimum Gasteiger partial charge on any atom is -0.375 e. The average Bonchev–Trinajstić information content (AvgIpc) is 2.96. The second-order valence-corrected chi connectivity index (χ2v) is 7.13. The summed E-state index contributed by atoms with van der Waals surface area (Å²) < 4.78 is 33.5. The Morgan fingerprint density at radius 1 is 1.52 bits per heavy atom. The predicted octanol–water partition coefficient (Wildman–Crippen LogP) is 0.885. The third-order valence-corrected chi connectivity index (χ3v) is 5.80. The van der Waals surface area contributed by atoms with E-state index in [1.807, 2.05) is 0 Å². The second kappa shape index (κ2) is 6.43. The third-order valence-electron chi connectivity index (χ3n) is 4.27. The van der Waals surface area contributed by atoms with Gasteiger partial charge in [0.1, 0.15) is 0 Å².